The number of methoxy groups -OCH3 is 1. The van der Waals surface area contributed by atoms with Crippen LogP contribution in [0.1, 0.15) is 30.7 Å². The number of fused-ring (bicyclic) bond motifs is 1. The number of carbonyl (C=O) groups is 2. The Labute approximate surface area is 167 Å². The van der Waals surface area contributed by atoms with E-state index in [0.717, 1.165) is 17.0 Å². The number of carbonyl (C=O) groups excluding carboxylic acids is 2. The van der Waals surface area contributed by atoms with Crippen LogP contribution in [0.15, 0.2) is 24.3 Å². The van der Waals surface area contributed by atoms with E-state index in [1.54, 1.807) is 18.1 Å². The van der Waals surface area contributed by atoms with E-state index in [2.05, 4.69) is 4.98 Å². The summed E-state index contributed by atoms with van der Waals surface area (Å²) in [5.41, 5.74) is 1.57. The predicted octanol–water partition coefficient (Wildman–Crippen LogP) is 1.87. The van der Waals surface area contributed by atoms with Crippen LogP contribution in [-0.2, 0) is 17.6 Å². The van der Waals surface area contributed by atoms with Gasteiger partial charge in [0.25, 0.3) is 11.8 Å². The number of rotatable bonds is 3. The molecule has 2 aromatic rings. The molecule has 1 saturated heterocycles. The van der Waals surface area contributed by atoms with Crippen molar-refractivity contribution in [2.45, 2.75) is 12.8 Å². The monoisotopic (exact) mass is 401 g/mol. The van der Waals surface area contributed by atoms with Crippen LogP contribution in [0.2, 0.25) is 0 Å². The normalized spacial score (nSPS) is 17.0. The Morgan fingerprint density at radius 2 is 1.82 bits per heavy atom. The SMILES string of the molecule is COc1cccc(C(=O)N2CCc3nc(C(=O)N4CCOCC4)sc3CC2)c1. The summed E-state index contributed by atoms with van der Waals surface area (Å²) < 4.78 is 10.5. The smallest absolute Gasteiger partial charge is 0.283 e. The number of aromatic nitrogens is 1. The van der Waals surface area contributed by atoms with Gasteiger partial charge in [-0.05, 0) is 18.2 Å². The molecule has 148 valence electrons. The van der Waals surface area contributed by atoms with Gasteiger partial charge in [-0.1, -0.05) is 6.07 Å². The Hall–Kier alpha value is -2.45. The fourth-order valence-corrected chi connectivity index (χ4v) is 4.56. The molecule has 2 aliphatic heterocycles. The molecule has 3 heterocycles. The van der Waals surface area contributed by atoms with Gasteiger partial charge in [-0.2, -0.15) is 0 Å². The highest BCUT2D eigenvalue weighted by molar-refractivity contribution is 7.13. The van der Waals surface area contributed by atoms with Crippen molar-refractivity contribution in [3.8, 4) is 5.75 Å². The van der Waals surface area contributed by atoms with Crippen molar-refractivity contribution in [1.82, 2.24) is 14.8 Å². The number of hydrogen-bond donors (Lipinski definition) is 0. The first-order valence-electron chi connectivity index (χ1n) is 9.44. The van der Waals surface area contributed by atoms with E-state index in [1.165, 1.54) is 11.3 Å². The first-order valence-corrected chi connectivity index (χ1v) is 10.3. The molecule has 4 rings (SSSR count). The number of thiazole rings is 1. The molecule has 8 heteroatoms. The van der Waals surface area contributed by atoms with E-state index in [9.17, 15) is 9.59 Å². The molecule has 1 aromatic heterocycles. The van der Waals surface area contributed by atoms with E-state index in [0.29, 0.717) is 62.1 Å². The van der Waals surface area contributed by atoms with Gasteiger partial charge >= 0.3 is 0 Å². The van der Waals surface area contributed by atoms with Gasteiger partial charge in [0.05, 0.1) is 26.0 Å². The zero-order valence-corrected chi connectivity index (χ0v) is 16.7. The maximum atomic E-state index is 12.9. The first-order chi connectivity index (χ1) is 13.7. The second-order valence-electron chi connectivity index (χ2n) is 6.82. The minimum absolute atomic E-state index is 0.00123. The summed E-state index contributed by atoms with van der Waals surface area (Å²) in [7, 11) is 1.59. The molecule has 1 aromatic carbocycles. The third kappa shape index (κ3) is 3.88. The second kappa shape index (κ2) is 8.28. The average Bonchev–Trinajstić information content (AvgIpc) is 3.06. The summed E-state index contributed by atoms with van der Waals surface area (Å²) in [4.78, 5) is 34.9. The van der Waals surface area contributed by atoms with Gasteiger partial charge in [-0.3, -0.25) is 9.59 Å². The van der Waals surface area contributed by atoms with E-state index in [4.69, 9.17) is 9.47 Å². The van der Waals surface area contributed by atoms with Crippen LogP contribution in [0.4, 0.5) is 0 Å². The lowest BCUT2D eigenvalue weighted by atomic mass is 10.2. The largest absolute Gasteiger partial charge is 0.497 e. The van der Waals surface area contributed by atoms with Crippen molar-refractivity contribution in [2.75, 3.05) is 46.5 Å². The molecule has 0 spiro atoms. The van der Waals surface area contributed by atoms with E-state index in [-0.39, 0.29) is 11.8 Å². The summed E-state index contributed by atoms with van der Waals surface area (Å²) in [5.74, 6) is 0.664. The standard InChI is InChI=1S/C20H23N3O4S/c1-26-15-4-2-3-14(13-15)19(24)22-7-5-16-17(6-8-22)28-18(21-16)20(25)23-9-11-27-12-10-23/h2-4,13H,5-12H2,1H3. The maximum absolute atomic E-state index is 12.9. The zero-order chi connectivity index (χ0) is 19.5. The highest BCUT2D eigenvalue weighted by Gasteiger charge is 2.26. The van der Waals surface area contributed by atoms with Gasteiger partial charge < -0.3 is 19.3 Å². The molecule has 2 amide bonds. The van der Waals surface area contributed by atoms with Crippen LogP contribution in [0.25, 0.3) is 0 Å². The fourth-order valence-electron chi connectivity index (χ4n) is 3.50. The van der Waals surface area contributed by atoms with E-state index < -0.39 is 0 Å². The zero-order valence-electron chi connectivity index (χ0n) is 15.8. The molecular weight excluding hydrogens is 378 g/mol. The number of amides is 2. The van der Waals surface area contributed by atoms with Crippen LogP contribution in [0, 0.1) is 0 Å². The van der Waals surface area contributed by atoms with Gasteiger partial charge in [0.1, 0.15) is 5.75 Å². The van der Waals surface area contributed by atoms with Gasteiger partial charge in [0.2, 0.25) is 0 Å². The summed E-state index contributed by atoms with van der Waals surface area (Å²) in [6.45, 7) is 3.61. The molecular formula is C20H23N3O4S. The highest BCUT2D eigenvalue weighted by atomic mass is 32.1. The summed E-state index contributed by atoms with van der Waals surface area (Å²) >= 11 is 1.46. The van der Waals surface area contributed by atoms with Crippen molar-refractivity contribution in [1.29, 1.82) is 0 Å². The average molecular weight is 401 g/mol. The summed E-state index contributed by atoms with van der Waals surface area (Å²) in [5, 5.41) is 0.555. The van der Waals surface area contributed by atoms with Crippen LogP contribution in [0.3, 0.4) is 0 Å². The summed E-state index contributed by atoms with van der Waals surface area (Å²) in [6.07, 6.45) is 1.39. The van der Waals surface area contributed by atoms with Crippen molar-refractivity contribution in [3.05, 3.63) is 45.4 Å². The Morgan fingerprint density at radius 3 is 2.61 bits per heavy atom. The molecule has 0 saturated carbocycles. The minimum Gasteiger partial charge on any atom is -0.497 e. The Kier molecular flexibility index (Phi) is 5.59. The lowest BCUT2D eigenvalue weighted by molar-refractivity contribution is 0.0302. The van der Waals surface area contributed by atoms with E-state index in [1.807, 2.05) is 23.1 Å². The van der Waals surface area contributed by atoms with Crippen molar-refractivity contribution >= 4 is 23.2 Å². The Balaban J connectivity index is 1.44. The number of benzene rings is 1. The molecule has 0 atom stereocenters. The first kappa shape index (κ1) is 18.9. The third-order valence-electron chi connectivity index (χ3n) is 5.09. The fraction of sp³-hybridized carbons (Fsp3) is 0.450. The predicted molar refractivity (Wildman–Crippen MR) is 105 cm³/mol. The molecule has 0 radical (unpaired) electrons. The van der Waals surface area contributed by atoms with Gasteiger partial charge in [-0.15, -0.1) is 11.3 Å². The molecule has 2 aliphatic rings. The lowest BCUT2D eigenvalue weighted by Crippen LogP contribution is -2.40. The molecule has 28 heavy (non-hydrogen) atoms. The van der Waals surface area contributed by atoms with Crippen LogP contribution in [0.5, 0.6) is 5.75 Å². The van der Waals surface area contributed by atoms with Gasteiger partial charge in [0.15, 0.2) is 5.01 Å². The number of morpholine rings is 1. The molecule has 1 fully saturated rings. The topological polar surface area (TPSA) is 72.0 Å². The van der Waals surface area contributed by atoms with Gasteiger partial charge in [0, 0.05) is 49.5 Å². The van der Waals surface area contributed by atoms with Gasteiger partial charge in [-0.25, -0.2) is 4.98 Å². The minimum atomic E-state index is -0.00862. The number of hydrogen-bond acceptors (Lipinski definition) is 6. The molecule has 0 bridgehead atoms. The summed E-state index contributed by atoms with van der Waals surface area (Å²) in [6, 6.07) is 7.22. The number of nitrogens with zero attached hydrogens (tertiary/aromatic N) is 3. The van der Waals surface area contributed by atoms with E-state index >= 15 is 0 Å². The van der Waals surface area contributed by atoms with Crippen LogP contribution < -0.4 is 4.74 Å². The van der Waals surface area contributed by atoms with Crippen molar-refractivity contribution in [3.63, 3.8) is 0 Å². The Bertz CT molecular complexity index is 851. The molecule has 0 aliphatic carbocycles. The van der Waals surface area contributed by atoms with Crippen LogP contribution in [-0.4, -0.2) is 73.1 Å². The lowest BCUT2D eigenvalue weighted by Gasteiger charge is -2.25. The maximum Gasteiger partial charge on any atom is 0.283 e. The highest BCUT2D eigenvalue weighted by Crippen LogP contribution is 2.25. The number of ether oxygens (including phenoxy) is 2. The second-order valence-corrected chi connectivity index (χ2v) is 7.90. The van der Waals surface area contributed by atoms with Crippen LogP contribution >= 0.6 is 11.3 Å². The Morgan fingerprint density at radius 1 is 1.07 bits per heavy atom. The molecule has 7 nitrogen and oxygen atoms in total. The molecule has 0 unspecified atom stereocenters. The quantitative estimate of drug-likeness (QED) is 0.785. The third-order valence-corrected chi connectivity index (χ3v) is 6.24. The molecule has 0 N–H and O–H groups in total. The van der Waals surface area contributed by atoms with Crippen molar-refractivity contribution in [2.24, 2.45) is 0 Å². The van der Waals surface area contributed by atoms with Crippen molar-refractivity contribution < 1.29 is 19.1 Å².